The molecule has 0 aliphatic rings. The monoisotopic (exact) mass is 276 g/mol. The Bertz CT molecular complexity index is 512. The lowest BCUT2D eigenvalue weighted by Crippen LogP contribution is -2.28. The Hall–Kier alpha value is -0.780. The predicted molar refractivity (Wildman–Crippen MR) is 70.6 cm³/mol. The highest BCUT2D eigenvalue weighted by molar-refractivity contribution is 7.89. The van der Waals surface area contributed by atoms with Crippen LogP contribution in [0.25, 0.3) is 0 Å². The highest BCUT2D eigenvalue weighted by atomic mass is 35.5. The van der Waals surface area contributed by atoms with Crippen LogP contribution in [0.3, 0.4) is 0 Å². The van der Waals surface area contributed by atoms with Crippen molar-refractivity contribution in [1.82, 2.24) is 4.72 Å². The van der Waals surface area contributed by atoms with E-state index in [2.05, 4.69) is 4.72 Å². The molecule has 0 atom stereocenters. The molecule has 0 heterocycles. The summed E-state index contributed by atoms with van der Waals surface area (Å²) in [6.07, 6.45) is 0. The van der Waals surface area contributed by atoms with E-state index in [0.717, 1.165) is 0 Å². The average Bonchev–Trinajstić information content (AvgIpc) is 2.20. The zero-order valence-electron chi connectivity index (χ0n) is 10.1. The molecule has 0 unspecified atom stereocenters. The third-order valence-corrected chi connectivity index (χ3v) is 4.10. The first kappa shape index (κ1) is 14.3. The number of nitrogens with one attached hydrogen (secondary N) is 1. The third kappa shape index (κ3) is 3.59. The number of rotatable bonds is 4. The van der Waals surface area contributed by atoms with E-state index in [1.165, 1.54) is 6.07 Å². The predicted octanol–water partition coefficient (Wildman–Crippen LogP) is 2.16. The Labute approximate surface area is 107 Å². The molecule has 0 aliphatic carbocycles. The van der Waals surface area contributed by atoms with Gasteiger partial charge in [0.25, 0.3) is 0 Å². The van der Waals surface area contributed by atoms with Crippen molar-refractivity contribution in [3.63, 3.8) is 0 Å². The first-order valence-corrected chi connectivity index (χ1v) is 7.15. The summed E-state index contributed by atoms with van der Waals surface area (Å²) in [7, 11) is -3.55. The lowest BCUT2D eigenvalue weighted by atomic mass is 10.2. The van der Waals surface area contributed by atoms with E-state index in [1.807, 2.05) is 13.8 Å². The van der Waals surface area contributed by atoms with Crippen molar-refractivity contribution in [1.29, 1.82) is 0 Å². The van der Waals surface area contributed by atoms with Gasteiger partial charge >= 0.3 is 0 Å². The summed E-state index contributed by atoms with van der Waals surface area (Å²) in [6.45, 7) is 5.91. The zero-order chi connectivity index (χ0) is 13.2. The minimum absolute atomic E-state index is 0.142. The molecule has 6 heteroatoms. The largest absolute Gasteiger partial charge is 0.398 e. The van der Waals surface area contributed by atoms with Gasteiger partial charge in [0.05, 0.1) is 4.90 Å². The molecule has 1 rings (SSSR count). The van der Waals surface area contributed by atoms with Gasteiger partial charge in [-0.3, -0.25) is 0 Å². The summed E-state index contributed by atoms with van der Waals surface area (Å²) < 4.78 is 26.6. The Kier molecular flexibility index (Phi) is 4.41. The number of benzene rings is 1. The normalized spacial score (nSPS) is 12.1. The number of nitrogen functional groups attached to an aromatic ring is 1. The van der Waals surface area contributed by atoms with Crippen LogP contribution in [-0.2, 0) is 10.0 Å². The second-order valence-electron chi connectivity index (χ2n) is 4.36. The molecule has 0 radical (unpaired) electrons. The van der Waals surface area contributed by atoms with Crippen molar-refractivity contribution in [3.8, 4) is 0 Å². The van der Waals surface area contributed by atoms with Gasteiger partial charge in [-0.2, -0.15) is 0 Å². The molecule has 3 N–H and O–H groups in total. The van der Waals surface area contributed by atoms with Crippen LogP contribution in [0.15, 0.2) is 17.0 Å². The topological polar surface area (TPSA) is 72.2 Å². The Morgan fingerprint density at radius 1 is 1.41 bits per heavy atom. The minimum Gasteiger partial charge on any atom is -0.398 e. The molecule has 0 aromatic heterocycles. The van der Waals surface area contributed by atoms with Gasteiger partial charge in [-0.25, -0.2) is 13.1 Å². The summed E-state index contributed by atoms with van der Waals surface area (Å²) in [4.78, 5) is 0.142. The van der Waals surface area contributed by atoms with Crippen LogP contribution >= 0.6 is 11.6 Å². The Balaban J connectivity index is 3.15. The molecule has 0 aliphatic heterocycles. The summed E-state index contributed by atoms with van der Waals surface area (Å²) in [5.74, 6) is 0.238. The second-order valence-corrected chi connectivity index (χ2v) is 6.54. The number of hydrogen-bond acceptors (Lipinski definition) is 3. The van der Waals surface area contributed by atoms with Gasteiger partial charge in [-0.05, 0) is 30.5 Å². The van der Waals surface area contributed by atoms with Gasteiger partial charge in [0, 0.05) is 17.3 Å². The van der Waals surface area contributed by atoms with Crippen molar-refractivity contribution in [2.24, 2.45) is 5.92 Å². The number of halogens is 1. The third-order valence-electron chi connectivity index (χ3n) is 2.34. The number of anilines is 1. The highest BCUT2D eigenvalue weighted by Gasteiger charge is 2.19. The highest BCUT2D eigenvalue weighted by Crippen LogP contribution is 2.25. The van der Waals surface area contributed by atoms with Gasteiger partial charge in [-0.15, -0.1) is 0 Å². The average molecular weight is 277 g/mol. The van der Waals surface area contributed by atoms with Crippen LogP contribution in [0.2, 0.25) is 5.02 Å². The van der Waals surface area contributed by atoms with E-state index in [-0.39, 0.29) is 10.8 Å². The smallest absolute Gasteiger partial charge is 0.240 e. The van der Waals surface area contributed by atoms with Crippen molar-refractivity contribution < 1.29 is 8.42 Å². The van der Waals surface area contributed by atoms with Crippen LogP contribution in [0, 0.1) is 12.8 Å². The molecule has 17 heavy (non-hydrogen) atoms. The molecule has 0 bridgehead atoms. The minimum atomic E-state index is -3.55. The zero-order valence-corrected chi connectivity index (χ0v) is 11.7. The molecular formula is C11H17ClN2O2S. The molecule has 0 fully saturated rings. The van der Waals surface area contributed by atoms with E-state index in [4.69, 9.17) is 17.3 Å². The molecule has 0 amide bonds. The summed E-state index contributed by atoms with van der Waals surface area (Å²) >= 11 is 5.82. The van der Waals surface area contributed by atoms with Crippen LogP contribution in [0.1, 0.15) is 19.4 Å². The van der Waals surface area contributed by atoms with Gasteiger partial charge in [-0.1, -0.05) is 25.4 Å². The van der Waals surface area contributed by atoms with E-state index in [9.17, 15) is 8.42 Å². The number of nitrogens with two attached hydrogens (primary N) is 1. The molecule has 0 saturated carbocycles. The fourth-order valence-corrected chi connectivity index (χ4v) is 3.11. The lowest BCUT2D eigenvalue weighted by molar-refractivity contribution is 0.559. The second kappa shape index (κ2) is 5.25. The van der Waals surface area contributed by atoms with Crippen LogP contribution in [0.4, 0.5) is 5.69 Å². The van der Waals surface area contributed by atoms with E-state index >= 15 is 0 Å². The first-order valence-electron chi connectivity index (χ1n) is 5.29. The number of sulfonamides is 1. The molecule has 4 nitrogen and oxygen atoms in total. The first-order chi connectivity index (χ1) is 7.74. The molecule has 0 spiro atoms. The van der Waals surface area contributed by atoms with Gasteiger partial charge in [0.2, 0.25) is 10.0 Å². The molecule has 1 aromatic carbocycles. The lowest BCUT2D eigenvalue weighted by Gasteiger charge is -2.12. The maximum Gasteiger partial charge on any atom is 0.240 e. The fourth-order valence-electron chi connectivity index (χ4n) is 1.31. The number of hydrogen-bond donors (Lipinski definition) is 2. The summed E-state index contributed by atoms with van der Waals surface area (Å²) in [6, 6.07) is 2.95. The summed E-state index contributed by atoms with van der Waals surface area (Å²) in [5, 5.41) is 0.318. The Morgan fingerprint density at radius 3 is 2.53 bits per heavy atom. The Morgan fingerprint density at radius 2 is 2.00 bits per heavy atom. The van der Waals surface area contributed by atoms with Crippen molar-refractivity contribution in [2.45, 2.75) is 25.7 Å². The summed E-state index contributed by atoms with van der Waals surface area (Å²) in [5.41, 5.74) is 6.59. The van der Waals surface area contributed by atoms with Gasteiger partial charge < -0.3 is 5.73 Å². The molecule has 1 aromatic rings. The van der Waals surface area contributed by atoms with Crippen molar-refractivity contribution >= 4 is 27.3 Å². The maximum atomic E-state index is 12.0. The standard InChI is InChI=1S/C11H17ClN2O2S/c1-7(2)6-14-17(15,16)11-5-9(12)4-10(13)8(11)3/h4-5,7,14H,6,13H2,1-3H3. The quantitative estimate of drug-likeness (QED) is 0.828. The maximum absolute atomic E-state index is 12.0. The van der Waals surface area contributed by atoms with Crippen molar-refractivity contribution in [2.75, 3.05) is 12.3 Å². The van der Waals surface area contributed by atoms with E-state index < -0.39 is 10.0 Å². The van der Waals surface area contributed by atoms with E-state index in [1.54, 1.807) is 13.0 Å². The van der Waals surface area contributed by atoms with Crippen LogP contribution < -0.4 is 10.5 Å². The fraction of sp³-hybridized carbons (Fsp3) is 0.455. The van der Waals surface area contributed by atoms with Crippen molar-refractivity contribution in [3.05, 3.63) is 22.7 Å². The van der Waals surface area contributed by atoms with Crippen LogP contribution in [0.5, 0.6) is 0 Å². The SMILES string of the molecule is Cc1c(N)cc(Cl)cc1S(=O)(=O)NCC(C)C. The molecule has 96 valence electrons. The van der Waals surface area contributed by atoms with Gasteiger partial charge in [0.15, 0.2) is 0 Å². The molecule has 0 saturated heterocycles. The van der Waals surface area contributed by atoms with Crippen LogP contribution in [-0.4, -0.2) is 15.0 Å². The van der Waals surface area contributed by atoms with Gasteiger partial charge in [0.1, 0.15) is 0 Å². The van der Waals surface area contributed by atoms with E-state index in [0.29, 0.717) is 22.8 Å². The molecular weight excluding hydrogens is 260 g/mol.